The lowest BCUT2D eigenvalue weighted by Gasteiger charge is -2.05. The van der Waals surface area contributed by atoms with Gasteiger partial charge >= 0.3 is 6.18 Å². The molecule has 4 nitrogen and oxygen atoms in total. The van der Waals surface area contributed by atoms with Crippen molar-refractivity contribution in [2.45, 2.75) is 6.18 Å². The first-order chi connectivity index (χ1) is 8.29. The third-order valence-corrected chi connectivity index (χ3v) is 1.90. The first-order valence-electron chi connectivity index (χ1n) is 4.78. The summed E-state index contributed by atoms with van der Waals surface area (Å²) in [6.45, 7) is 0. The van der Waals surface area contributed by atoms with Crippen LogP contribution in [0.15, 0.2) is 35.3 Å². The Labute approximate surface area is 101 Å². The van der Waals surface area contributed by atoms with Gasteiger partial charge in [0.05, 0.1) is 5.56 Å². The average Bonchev–Trinajstić information content (AvgIpc) is 2.25. The zero-order chi connectivity index (χ0) is 13.8. The van der Waals surface area contributed by atoms with Gasteiger partial charge in [-0.3, -0.25) is 4.79 Å². The monoisotopic (exact) mass is 257 g/mol. The van der Waals surface area contributed by atoms with Crippen LogP contribution in [-0.4, -0.2) is 11.9 Å². The molecule has 96 valence electrons. The zero-order valence-corrected chi connectivity index (χ0v) is 9.11. The summed E-state index contributed by atoms with van der Waals surface area (Å²) in [5, 5.41) is 0. The lowest BCUT2D eigenvalue weighted by Crippen LogP contribution is -2.23. The fourth-order valence-electron chi connectivity index (χ4n) is 1.12. The Bertz CT molecular complexity index is 485. The molecular formula is C11H10F3N3O. The minimum Gasteiger partial charge on any atom is -0.370 e. The normalized spacial score (nSPS) is 11.5. The van der Waals surface area contributed by atoms with E-state index in [1.807, 2.05) is 0 Å². The van der Waals surface area contributed by atoms with Gasteiger partial charge in [-0.25, -0.2) is 0 Å². The van der Waals surface area contributed by atoms with Crippen molar-refractivity contribution >= 4 is 17.9 Å². The maximum atomic E-state index is 12.3. The SMILES string of the molecule is NC(N)=NC(=O)/C=C/c1ccc(C(F)(F)F)cc1. The molecule has 0 spiro atoms. The van der Waals surface area contributed by atoms with Crippen LogP contribution in [0.4, 0.5) is 13.2 Å². The topological polar surface area (TPSA) is 81.5 Å². The lowest BCUT2D eigenvalue weighted by molar-refractivity contribution is -0.137. The van der Waals surface area contributed by atoms with E-state index < -0.39 is 17.6 Å². The number of aliphatic imine (C=N–C) groups is 1. The van der Waals surface area contributed by atoms with Gasteiger partial charge in [-0.15, -0.1) is 0 Å². The van der Waals surface area contributed by atoms with Gasteiger partial charge in [0.1, 0.15) is 0 Å². The summed E-state index contributed by atoms with van der Waals surface area (Å²) in [6, 6.07) is 4.32. The molecule has 1 aromatic carbocycles. The highest BCUT2D eigenvalue weighted by atomic mass is 19.4. The number of halogens is 3. The molecule has 4 N–H and O–H groups in total. The minimum atomic E-state index is -4.38. The number of carbonyl (C=O) groups excluding carboxylic acids is 1. The Kier molecular flexibility index (Phi) is 4.09. The largest absolute Gasteiger partial charge is 0.416 e. The molecule has 0 heterocycles. The van der Waals surface area contributed by atoms with Crippen LogP contribution < -0.4 is 11.5 Å². The summed E-state index contributed by atoms with van der Waals surface area (Å²) in [4.78, 5) is 14.3. The molecule has 0 bridgehead atoms. The number of alkyl halides is 3. The van der Waals surface area contributed by atoms with Gasteiger partial charge < -0.3 is 11.5 Å². The number of benzene rings is 1. The van der Waals surface area contributed by atoms with Crippen molar-refractivity contribution in [2.24, 2.45) is 16.5 Å². The third-order valence-electron chi connectivity index (χ3n) is 1.90. The van der Waals surface area contributed by atoms with E-state index in [1.165, 1.54) is 18.2 Å². The Morgan fingerprint density at radius 2 is 1.72 bits per heavy atom. The van der Waals surface area contributed by atoms with Gasteiger partial charge in [0.2, 0.25) is 0 Å². The number of guanidine groups is 1. The first kappa shape index (κ1) is 13.8. The summed E-state index contributed by atoms with van der Waals surface area (Å²) in [6.07, 6.45) is -2.01. The van der Waals surface area contributed by atoms with Crippen molar-refractivity contribution in [1.82, 2.24) is 0 Å². The Hall–Kier alpha value is -2.31. The van der Waals surface area contributed by atoms with E-state index in [1.54, 1.807) is 0 Å². The van der Waals surface area contributed by atoms with Crippen LogP contribution in [0.2, 0.25) is 0 Å². The molecule has 0 atom stereocenters. The van der Waals surface area contributed by atoms with Crippen LogP contribution in [0, 0.1) is 0 Å². The quantitative estimate of drug-likeness (QED) is 0.478. The number of nitrogens with two attached hydrogens (primary N) is 2. The van der Waals surface area contributed by atoms with Crippen LogP contribution in [0.5, 0.6) is 0 Å². The summed E-state index contributed by atoms with van der Waals surface area (Å²) >= 11 is 0. The number of hydrogen-bond acceptors (Lipinski definition) is 1. The maximum Gasteiger partial charge on any atom is 0.416 e. The third kappa shape index (κ3) is 4.28. The number of amides is 1. The lowest BCUT2D eigenvalue weighted by atomic mass is 10.1. The predicted octanol–water partition coefficient (Wildman–Crippen LogP) is 1.52. The predicted molar refractivity (Wildman–Crippen MR) is 61.3 cm³/mol. The summed E-state index contributed by atoms with van der Waals surface area (Å²) < 4.78 is 36.8. The van der Waals surface area contributed by atoms with E-state index in [0.717, 1.165) is 18.2 Å². The fraction of sp³-hybridized carbons (Fsp3) is 0.0909. The first-order valence-corrected chi connectivity index (χ1v) is 4.78. The molecule has 0 radical (unpaired) electrons. The van der Waals surface area contributed by atoms with E-state index in [9.17, 15) is 18.0 Å². The van der Waals surface area contributed by atoms with Crippen LogP contribution in [-0.2, 0) is 11.0 Å². The van der Waals surface area contributed by atoms with E-state index in [-0.39, 0.29) is 5.96 Å². The molecular weight excluding hydrogens is 247 g/mol. The highest BCUT2D eigenvalue weighted by Gasteiger charge is 2.29. The Morgan fingerprint density at radius 3 is 2.17 bits per heavy atom. The molecule has 0 saturated heterocycles. The number of rotatable bonds is 2. The Morgan fingerprint density at radius 1 is 1.17 bits per heavy atom. The van der Waals surface area contributed by atoms with Gasteiger partial charge in [-0.1, -0.05) is 12.1 Å². The molecule has 0 aromatic heterocycles. The number of nitrogens with zero attached hydrogens (tertiary/aromatic N) is 1. The van der Waals surface area contributed by atoms with Crippen LogP contribution in [0.25, 0.3) is 6.08 Å². The van der Waals surface area contributed by atoms with Crippen molar-refractivity contribution in [3.8, 4) is 0 Å². The van der Waals surface area contributed by atoms with Gasteiger partial charge in [-0.2, -0.15) is 18.2 Å². The summed E-state index contributed by atoms with van der Waals surface area (Å²) in [5.74, 6) is -1.06. The summed E-state index contributed by atoms with van der Waals surface area (Å²) in [7, 11) is 0. The van der Waals surface area contributed by atoms with Crippen molar-refractivity contribution in [3.05, 3.63) is 41.5 Å². The zero-order valence-electron chi connectivity index (χ0n) is 9.11. The van der Waals surface area contributed by atoms with Gasteiger partial charge in [-0.05, 0) is 23.8 Å². The minimum absolute atomic E-state index is 0.378. The molecule has 1 aromatic rings. The molecule has 7 heteroatoms. The Balaban J connectivity index is 2.79. The van der Waals surface area contributed by atoms with Gasteiger partial charge in [0.15, 0.2) is 5.96 Å². The molecule has 0 unspecified atom stereocenters. The highest BCUT2D eigenvalue weighted by Crippen LogP contribution is 2.29. The molecule has 0 saturated carbocycles. The average molecular weight is 257 g/mol. The fourth-order valence-corrected chi connectivity index (χ4v) is 1.12. The standard InChI is InChI=1S/C11H10F3N3O/c12-11(13,14)8-4-1-7(2-5-8)3-6-9(18)17-10(15)16/h1-6H,(H4,15,16,17,18)/b6-3+. The van der Waals surface area contributed by atoms with Crippen molar-refractivity contribution < 1.29 is 18.0 Å². The molecule has 18 heavy (non-hydrogen) atoms. The second-order valence-corrected chi connectivity index (χ2v) is 3.33. The molecule has 1 amide bonds. The van der Waals surface area contributed by atoms with Gasteiger partial charge in [0.25, 0.3) is 5.91 Å². The van der Waals surface area contributed by atoms with Gasteiger partial charge in [0, 0.05) is 6.08 Å². The van der Waals surface area contributed by atoms with E-state index in [0.29, 0.717) is 5.56 Å². The molecule has 0 fully saturated rings. The van der Waals surface area contributed by atoms with E-state index in [4.69, 9.17) is 11.5 Å². The summed E-state index contributed by atoms with van der Waals surface area (Å²) in [5.41, 5.74) is 9.63. The van der Waals surface area contributed by atoms with Crippen molar-refractivity contribution in [3.63, 3.8) is 0 Å². The smallest absolute Gasteiger partial charge is 0.370 e. The van der Waals surface area contributed by atoms with Crippen LogP contribution >= 0.6 is 0 Å². The molecule has 1 rings (SSSR count). The highest BCUT2D eigenvalue weighted by molar-refractivity contribution is 5.99. The molecule has 0 aliphatic rings. The van der Waals surface area contributed by atoms with Crippen molar-refractivity contribution in [2.75, 3.05) is 0 Å². The van der Waals surface area contributed by atoms with E-state index in [2.05, 4.69) is 4.99 Å². The van der Waals surface area contributed by atoms with Crippen molar-refractivity contribution in [1.29, 1.82) is 0 Å². The van der Waals surface area contributed by atoms with E-state index >= 15 is 0 Å². The van der Waals surface area contributed by atoms with Crippen LogP contribution in [0.1, 0.15) is 11.1 Å². The second kappa shape index (κ2) is 5.35. The molecule has 0 aliphatic carbocycles. The number of carbonyl (C=O) groups is 1. The van der Waals surface area contributed by atoms with Crippen LogP contribution in [0.3, 0.4) is 0 Å². The molecule has 0 aliphatic heterocycles. The maximum absolute atomic E-state index is 12.3. The second-order valence-electron chi connectivity index (χ2n) is 3.33. The number of hydrogen-bond donors (Lipinski definition) is 2.